The molecule has 0 aromatic heterocycles. The Balaban J connectivity index is 1.89. The van der Waals surface area contributed by atoms with E-state index in [0.717, 1.165) is 40.9 Å². The van der Waals surface area contributed by atoms with E-state index in [1.165, 1.54) is 12.1 Å². The van der Waals surface area contributed by atoms with Gasteiger partial charge in [0.05, 0.1) is 0 Å². The van der Waals surface area contributed by atoms with Gasteiger partial charge in [-0.05, 0) is 49.6 Å². The highest BCUT2D eigenvalue weighted by Gasteiger charge is 2.23. The minimum absolute atomic E-state index is 0.0870. The van der Waals surface area contributed by atoms with Gasteiger partial charge in [0.2, 0.25) is 0 Å². The zero-order valence-corrected chi connectivity index (χ0v) is 11.8. The Hall–Kier alpha value is -2.42. The van der Waals surface area contributed by atoms with Crippen molar-refractivity contribution in [1.82, 2.24) is 0 Å². The van der Waals surface area contributed by atoms with E-state index < -0.39 is 0 Å². The molecule has 21 heavy (non-hydrogen) atoms. The number of allylic oxidation sites excluding steroid dienone is 2. The summed E-state index contributed by atoms with van der Waals surface area (Å²) in [6.07, 6.45) is 1.61. The van der Waals surface area contributed by atoms with Gasteiger partial charge < -0.3 is 5.32 Å². The number of rotatable bonds is 2. The van der Waals surface area contributed by atoms with Gasteiger partial charge in [-0.3, -0.25) is 4.79 Å². The van der Waals surface area contributed by atoms with Crippen molar-refractivity contribution in [1.29, 1.82) is 0 Å². The fraction of sp³-hybridized carbons (Fsp3) is 0.167. The number of Topliss-reactive ketones (excluding diaryl/α,β-unsaturated/α-hetero) is 1. The standard InChI is InChI=1S/C18H16FNO/c1-12(20-15-9-7-14(19)8-10-15)16-11-6-13-4-2-3-5-17(13)18(16)21/h2-5,7-10,20H,6,11H2,1H3. The van der Waals surface area contributed by atoms with Gasteiger partial charge in [0, 0.05) is 22.5 Å². The van der Waals surface area contributed by atoms with Gasteiger partial charge in [0.1, 0.15) is 5.82 Å². The summed E-state index contributed by atoms with van der Waals surface area (Å²) >= 11 is 0. The lowest BCUT2D eigenvalue weighted by Gasteiger charge is -2.20. The Kier molecular flexibility index (Phi) is 3.57. The monoisotopic (exact) mass is 281 g/mol. The quantitative estimate of drug-likeness (QED) is 0.830. The zero-order chi connectivity index (χ0) is 14.8. The lowest BCUT2D eigenvalue weighted by atomic mass is 9.86. The first-order chi connectivity index (χ1) is 10.1. The number of nitrogens with one attached hydrogen (secondary N) is 1. The van der Waals surface area contributed by atoms with Gasteiger partial charge in [-0.1, -0.05) is 24.3 Å². The summed E-state index contributed by atoms with van der Waals surface area (Å²) in [5.41, 5.74) is 4.33. The van der Waals surface area contributed by atoms with Gasteiger partial charge in [0.25, 0.3) is 0 Å². The van der Waals surface area contributed by atoms with Crippen molar-refractivity contribution in [2.24, 2.45) is 0 Å². The third-order valence-electron chi connectivity index (χ3n) is 3.81. The molecule has 0 fully saturated rings. The van der Waals surface area contributed by atoms with Crippen LogP contribution in [0.2, 0.25) is 0 Å². The Labute approximate surface area is 123 Å². The third kappa shape index (κ3) is 2.72. The SMILES string of the molecule is CC(Nc1ccc(F)cc1)=C1CCc2ccccc2C1=O. The summed E-state index contributed by atoms with van der Waals surface area (Å²) in [5, 5.41) is 3.19. The summed E-state index contributed by atoms with van der Waals surface area (Å²) in [6, 6.07) is 13.9. The number of ketones is 1. The molecule has 2 nitrogen and oxygen atoms in total. The second-order valence-electron chi connectivity index (χ2n) is 5.22. The van der Waals surface area contributed by atoms with E-state index >= 15 is 0 Å². The van der Waals surface area contributed by atoms with Crippen molar-refractivity contribution in [3.63, 3.8) is 0 Å². The van der Waals surface area contributed by atoms with Crippen molar-refractivity contribution in [3.8, 4) is 0 Å². The van der Waals surface area contributed by atoms with Crippen LogP contribution in [0, 0.1) is 5.82 Å². The van der Waals surface area contributed by atoms with Crippen LogP contribution in [0.3, 0.4) is 0 Å². The lowest BCUT2D eigenvalue weighted by molar-refractivity contribution is 0.102. The number of hydrogen-bond acceptors (Lipinski definition) is 2. The number of benzene rings is 2. The molecule has 3 rings (SSSR count). The van der Waals surface area contributed by atoms with Gasteiger partial charge in [0.15, 0.2) is 5.78 Å². The molecular formula is C18H16FNO. The van der Waals surface area contributed by atoms with E-state index in [4.69, 9.17) is 0 Å². The minimum atomic E-state index is -0.270. The van der Waals surface area contributed by atoms with Gasteiger partial charge in [-0.2, -0.15) is 0 Å². The summed E-state index contributed by atoms with van der Waals surface area (Å²) in [7, 11) is 0. The first-order valence-corrected chi connectivity index (χ1v) is 7.00. The number of carbonyl (C=O) groups excluding carboxylic acids is 1. The first kappa shape index (κ1) is 13.6. The molecule has 0 saturated heterocycles. The Morgan fingerprint density at radius 1 is 1.05 bits per heavy atom. The Bertz CT molecular complexity index is 716. The topological polar surface area (TPSA) is 29.1 Å². The van der Waals surface area contributed by atoms with E-state index in [2.05, 4.69) is 5.32 Å². The fourth-order valence-electron chi connectivity index (χ4n) is 2.68. The van der Waals surface area contributed by atoms with Gasteiger partial charge in [-0.25, -0.2) is 4.39 Å². The summed E-state index contributed by atoms with van der Waals surface area (Å²) in [6.45, 7) is 1.89. The summed E-state index contributed by atoms with van der Waals surface area (Å²) in [4.78, 5) is 12.5. The molecular weight excluding hydrogens is 265 g/mol. The molecule has 0 amide bonds. The smallest absolute Gasteiger partial charge is 0.191 e. The third-order valence-corrected chi connectivity index (χ3v) is 3.81. The van der Waals surface area contributed by atoms with Gasteiger partial charge >= 0.3 is 0 Å². The van der Waals surface area contributed by atoms with Gasteiger partial charge in [-0.15, -0.1) is 0 Å². The number of fused-ring (bicyclic) bond motifs is 1. The molecule has 0 radical (unpaired) electrons. The van der Waals surface area contributed by atoms with Crippen molar-refractivity contribution in [2.45, 2.75) is 19.8 Å². The molecule has 3 heteroatoms. The molecule has 106 valence electrons. The highest BCUT2D eigenvalue weighted by atomic mass is 19.1. The number of hydrogen-bond donors (Lipinski definition) is 1. The lowest BCUT2D eigenvalue weighted by Crippen LogP contribution is -2.17. The van der Waals surface area contributed by atoms with E-state index in [1.54, 1.807) is 12.1 Å². The highest BCUT2D eigenvalue weighted by molar-refractivity contribution is 6.11. The molecule has 0 aliphatic heterocycles. The number of anilines is 1. The molecule has 0 saturated carbocycles. The molecule has 0 heterocycles. The molecule has 0 unspecified atom stereocenters. The minimum Gasteiger partial charge on any atom is -0.359 e. The second kappa shape index (κ2) is 5.52. The van der Waals surface area contributed by atoms with Crippen LogP contribution in [-0.4, -0.2) is 5.78 Å². The van der Waals surface area contributed by atoms with Crippen LogP contribution in [0.15, 0.2) is 59.8 Å². The van der Waals surface area contributed by atoms with E-state index in [9.17, 15) is 9.18 Å². The Morgan fingerprint density at radius 2 is 1.76 bits per heavy atom. The summed E-state index contributed by atoms with van der Waals surface area (Å²) < 4.78 is 12.9. The van der Waals surface area contributed by atoms with Crippen LogP contribution in [0.25, 0.3) is 0 Å². The predicted molar refractivity (Wildman–Crippen MR) is 81.8 cm³/mol. The molecule has 1 N–H and O–H groups in total. The average Bonchev–Trinajstić information content (AvgIpc) is 2.50. The highest BCUT2D eigenvalue weighted by Crippen LogP contribution is 2.27. The predicted octanol–water partition coefficient (Wildman–Crippen LogP) is 4.34. The van der Waals surface area contributed by atoms with Crippen LogP contribution in [-0.2, 0) is 6.42 Å². The van der Waals surface area contributed by atoms with Crippen molar-refractivity contribution < 1.29 is 9.18 Å². The van der Waals surface area contributed by atoms with Crippen LogP contribution in [0.1, 0.15) is 29.3 Å². The first-order valence-electron chi connectivity index (χ1n) is 7.00. The van der Waals surface area contributed by atoms with E-state index in [1.807, 2.05) is 31.2 Å². The summed E-state index contributed by atoms with van der Waals surface area (Å²) in [5.74, 6) is -0.183. The number of aryl methyl sites for hydroxylation is 1. The maximum Gasteiger partial charge on any atom is 0.191 e. The van der Waals surface area contributed by atoms with Crippen LogP contribution < -0.4 is 5.32 Å². The Morgan fingerprint density at radius 3 is 2.52 bits per heavy atom. The van der Waals surface area contributed by atoms with E-state index in [-0.39, 0.29) is 11.6 Å². The van der Waals surface area contributed by atoms with Crippen LogP contribution in [0.4, 0.5) is 10.1 Å². The molecule has 0 spiro atoms. The van der Waals surface area contributed by atoms with Crippen molar-refractivity contribution >= 4 is 11.5 Å². The largest absolute Gasteiger partial charge is 0.359 e. The molecule has 0 bridgehead atoms. The van der Waals surface area contributed by atoms with Crippen molar-refractivity contribution in [2.75, 3.05) is 5.32 Å². The average molecular weight is 281 g/mol. The molecule has 1 aliphatic carbocycles. The second-order valence-corrected chi connectivity index (χ2v) is 5.22. The van der Waals surface area contributed by atoms with E-state index in [0.29, 0.717) is 0 Å². The molecule has 0 atom stereocenters. The fourth-order valence-corrected chi connectivity index (χ4v) is 2.68. The number of carbonyl (C=O) groups is 1. The molecule has 2 aromatic rings. The maximum atomic E-state index is 12.9. The normalized spacial score (nSPS) is 16.4. The van der Waals surface area contributed by atoms with Crippen LogP contribution >= 0.6 is 0 Å². The molecule has 2 aromatic carbocycles. The molecule has 1 aliphatic rings. The maximum absolute atomic E-state index is 12.9. The van der Waals surface area contributed by atoms with Crippen molar-refractivity contribution in [3.05, 3.63) is 76.7 Å². The van der Waals surface area contributed by atoms with Crippen LogP contribution in [0.5, 0.6) is 0 Å². The number of halogens is 1. The zero-order valence-electron chi connectivity index (χ0n) is 11.8.